The van der Waals surface area contributed by atoms with Crippen molar-refractivity contribution in [3.05, 3.63) is 76.0 Å². The number of furan rings is 1. The van der Waals surface area contributed by atoms with Gasteiger partial charge in [-0.1, -0.05) is 18.2 Å². The number of allylic oxidation sites excluding steroid dienone is 1. The molecule has 0 bridgehead atoms. The highest BCUT2D eigenvalue weighted by Gasteiger charge is 2.14. The number of carbonyl (C=O) groups is 1. The molecule has 2 aromatic carbocycles. The van der Waals surface area contributed by atoms with Crippen LogP contribution in [0, 0.1) is 10.1 Å². The van der Waals surface area contributed by atoms with Gasteiger partial charge in [0.05, 0.1) is 4.92 Å². The van der Waals surface area contributed by atoms with Gasteiger partial charge in [0, 0.05) is 43.5 Å². The van der Waals surface area contributed by atoms with Crippen molar-refractivity contribution in [3.63, 3.8) is 0 Å². The number of hydrazone groups is 1. The van der Waals surface area contributed by atoms with Gasteiger partial charge in [-0.15, -0.1) is 0 Å². The third-order valence-corrected chi connectivity index (χ3v) is 3.96. The summed E-state index contributed by atoms with van der Waals surface area (Å²) in [5.41, 5.74) is 4.78. The van der Waals surface area contributed by atoms with E-state index in [0.29, 0.717) is 11.0 Å². The molecule has 3 aromatic rings. The first-order valence-electron chi connectivity index (χ1n) is 8.39. The maximum absolute atomic E-state index is 12.1. The van der Waals surface area contributed by atoms with Crippen LogP contribution in [-0.2, 0) is 0 Å². The zero-order valence-corrected chi connectivity index (χ0v) is 15.3. The lowest BCUT2D eigenvalue weighted by Gasteiger charge is -2.11. The first kappa shape index (κ1) is 18.8. The van der Waals surface area contributed by atoms with E-state index in [-0.39, 0.29) is 11.4 Å². The molecule has 0 spiro atoms. The van der Waals surface area contributed by atoms with E-state index in [1.54, 1.807) is 6.08 Å². The third kappa shape index (κ3) is 4.42. The quantitative estimate of drug-likeness (QED) is 0.399. The van der Waals surface area contributed by atoms with Crippen LogP contribution in [0.25, 0.3) is 17.0 Å². The number of nitro benzene ring substituents is 1. The fourth-order valence-corrected chi connectivity index (χ4v) is 2.49. The molecular formula is C20H18N4O4. The summed E-state index contributed by atoms with van der Waals surface area (Å²) >= 11 is 0. The second kappa shape index (κ2) is 8.17. The topological polar surface area (TPSA) is 101 Å². The Morgan fingerprint density at radius 3 is 2.61 bits per heavy atom. The van der Waals surface area contributed by atoms with E-state index >= 15 is 0 Å². The van der Waals surface area contributed by atoms with Gasteiger partial charge in [-0.2, -0.15) is 5.10 Å². The first-order chi connectivity index (χ1) is 13.4. The van der Waals surface area contributed by atoms with Crippen LogP contribution < -0.4 is 10.3 Å². The average molecular weight is 378 g/mol. The third-order valence-electron chi connectivity index (χ3n) is 3.96. The van der Waals surface area contributed by atoms with Crippen molar-refractivity contribution < 1.29 is 14.1 Å². The summed E-state index contributed by atoms with van der Waals surface area (Å²) in [5.74, 6) is -0.519. The number of fused-ring (bicyclic) bond motifs is 1. The normalized spacial score (nSPS) is 11.4. The molecule has 1 amide bonds. The Kier molecular flexibility index (Phi) is 5.50. The van der Waals surface area contributed by atoms with Gasteiger partial charge in [-0.05, 0) is 35.9 Å². The molecule has 0 aliphatic rings. The fourth-order valence-electron chi connectivity index (χ4n) is 2.49. The number of benzene rings is 2. The summed E-state index contributed by atoms with van der Waals surface area (Å²) < 4.78 is 5.39. The highest BCUT2D eigenvalue weighted by molar-refractivity contribution is 5.96. The second-order valence-electron chi connectivity index (χ2n) is 6.15. The van der Waals surface area contributed by atoms with E-state index < -0.39 is 10.8 Å². The molecule has 1 heterocycles. The molecular weight excluding hydrogens is 360 g/mol. The fraction of sp³-hybridized carbons (Fsp3) is 0.100. The predicted molar refractivity (Wildman–Crippen MR) is 109 cm³/mol. The summed E-state index contributed by atoms with van der Waals surface area (Å²) in [6.45, 7) is 0. The molecule has 0 fully saturated rings. The molecule has 0 atom stereocenters. The molecule has 0 unspecified atom stereocenters. The monoisotopic (exact) mass is 378 g/mol. The van der Waals surface area contributed by atoms with Gasteiger partial charge in [-0.3, -0.25) is 14.9 Å². The lowest BCUT2D eigenvalue weighted by Crippen LogP contribution is -2.16. The Hall–Kier alpha value is -3.94. The average Bonchev–Trinajstić information content (AvgIpc) is 3.11. The maximum atomic E-state index is 12.1. The van der Waals surface area contributed by atoms with Gasteiger partial charge in [0.2, 0.25) is 0 Å². The predicted octanol–water partition coefficient (Wildman–Crippen LogP) is 3.84. The molecule has 0 aliphatic carbocycles. The van der Waals surface area contributed by atoms with Gasteiger partial charge >= 0.3 is 5.91 Å². The largest absolute Gasteiger partial charge is 0.451 e. The van der Waals surface area contributed by atoms with Crippen molar-refractivity contribution in [2.45, 2.75) is 0 Å². The highest BCUT2D eigenvalue weighted by Crippen LogP contribution is 2.24. The molecule has 8 heteroatoms. The van der Waals surface area contributed by atoms with E-state index in [9.17, 15) is 14.9 Å². The van der Waals surface area contributed by atoms with Crippen LogP contribution in [-0.4, -0.2) is 31.1 Å². The van der Waals surface area contributed by atoms with Crippen LogP contribution in [0.2, 0.25) is 0 Å². The lowest BCUT2D eigenvalue weighted by atomic mass is 10.2. The number of rotatable bonds is 6. The summed E-state index contributed by atoms with van der Waals surface area (Å²) in [6.07, 6.45) is 5.01. The van der Waals surface area contributed by atoms with Crippen molar-refractivity contribution in [3.8, 4) is 0 Å². The van der Waals surface area contributed by atoms with Crippen LogP contribution in [0.15, 0.2) is 64.1 Å². The second-order valence-corrected chi connectivity index (χ2v) is 6.15. The summed E-state index contributed by atoms with van der Waals surface area (Å²) in [7, 11) is 3.95. The molecule has 0 radical (unpaired) electrons. The zero-order chi connectivity index (χ0) is 20.1. The van der Waals surface area contributed by atoms with Crippen molar-refractivity contribution in [2.24, 2.45) is 5.10 Å². The molecule has 0 aliphatic heterocycles. The van der Waals surface area contributed by atoms with Crippen LogP contribution in [0.4, 0.5) is 11.4 Å². The zero-order valence-electron chi connectivity index (χ0n) is 15.3. The Bertz CT molecular complexity index is 1070. The smallest absolute Gasteiger partial charge is 0.307 e. The van der Waals surface area contributed by atoms with Gasteiger partial charge in [0.25, 0.3) is 5.69 Å². The Labute approximate surface area is 160 Å². The molecule has 1 aromatic heterocycles. The van der Waals surface area contributed by atoms with E-state index in [0.717, 1.165) is 11.3 Å². The summed E-state index contributed by atoms with van der Waals surface area (Å²) in [6, 6.07) is 13.5. The van der Waals surface area contributed by atoms with E-state index in [4.69, 9.17) is 4.42 Å². The number of anilines is 1. The minimum Gasteiger partial charge on any atom is -0.451 e. The highest BCUT2D eigenvalue weighted by atomic mass is 16.6. The number of nitro groups is 1. The van der Waals surface area contributed by atoms with Gasteiger partial charge < -0.3 is 9.32 Å². The van der Waals surface area contributed by atoms with Crippen LogP contribution in [0.1, 0.15) is 16.1 Å². The Balaban J connectivity index is 1.60. The van der Waals surface area contributed by atoms with E-state index in [2.05, 4.69) is 10.5 Å². The van der Waals surface area contributed by atoms with Crippen LogP contribution >= 0.6 is 0 Å². The first-order valence-corrected chi connectivity index (χ1v) is 8.39. The standard InChI is InChI=1S/C20H18N4O4/c1-23(2)16-7-5-14(6-8-16)4-3-11-21-22-20(25)19-13-15-12-17(24(26)27)9-10-18(15)28-19/h3-13H,1-2H3,(H,22,25)/b4-3+,21-11-. The molecule has 0 saturated heterocycles. The number of nitrogens with one attached hydrogen (secondary N) is 1. The molecule has 0 saturated carbocycles. The van der Waals surface area contributed by atoms with Gasteiger partial charge in [0.1, 0.15) is 5.58 Å². The van der Waals surface area contributed by atoms with Crippen molar-refractivity contribution in [1.82, 2.24) is 5.43 Å². The molecule has 142 valence electrons. The van der Waals surface area contributed by atoms with Crippen molar-refractivity contribution >= 4 is 40.5 Å². The SMILES string of the molecule is CN(C)c1ccc(/C=C/C=N\NC(=O)c2cc3cc([N+](=O)[O-])ccc3o2)cc1. The van der Waals surface area contributed by atoms with Crippen molar-refractivity contribution in [1.29, 1.82) is 0 Å². The maximum Gasteiger partial charge on any atom is 0.307 e. The Morgan fingerprint density at radius 2 is 1.93 bits per heavy atom. The number of hydrogen-bond acceptors (Lipinski definition) is 6. The molecule has 3 rings (SSSR count). The summed E-state index contributed by atoms with van der Waals surface area (Å²) in [4.78, 5) is 24.4. The van der Waals surface area contributed by atoms with Gasteiger partial charge in [0.15, 0.2) is 5.76 Å². The number of amides is 1. The molecule has 28 heavy (non-hydrogen) atoms. The molecule has 1 N–H and O–H groups in total. The number of nitrogens with zero attached hydrogens (tertiary/aromatic N) is 3. The van der Waals surface area contributed by atoms with Crippen LogP contribution in [0.3, 0.4) is 0 Å². The Morgan fingerprint density at radius 1 is 1.18 bits per heavy atom. The molecule has 8 nitrogen and oxygen atoms in total. The van der Waals surface area contributed by atoms with Crippen LogP contribution in [0.5, 0.6) is 0 Å². The minimum atomic E-state index is -0.543. The minimum absolute atomic E-state index is 0.0240. The lowest BCUT2D eigenvalue weighted by molar-refractivity contribution is -0.384. The number of hydrogen-bond donors (Lipinski definition) is 1. The van der Waals surface area contributed by atoms with E-state index in [1.165, 1.54) is 30.5 Å². The van der Waals surface area contributed by atoms with Gasteiger partial charge in [-0.25, -0.2) is 5.43 Å². The number of carbonyl (C=O) groups excluding carboxylic acids is 1. The summed E-state index contributed by atoms with van der Waals surface area (Å²) in [5, 5.41) is 15.1. The van der Waals surface area contributed by atoms with Crippen molar-refractivity contribution in [2.75, 3.05) is 19.0 Å². The number of non-ortho nitro benzene ring substituents is 1. The van der Waals surface area contributed by atoms with E-state index in [1.807, 2.05) is 49.3 Å².